The predicted octanol–water partition coefficient (Wildman–Crippen LogP) is 4.04. The summed E-state index contributed by atoms with van der Waals surface area (Å²) in [6.45, 7) is 0. The molecule has 0 aliphatic carbocycles. The monoisotopic (exact) mass is 350 g/mol. The lowest BCUT2D eigenvalue weighted by Crippen LogP contribution is -2.31. The fourth-order valence-corrected chi connectivity index (χ4v) is 2.80. The molecule has 0 saturated heterocycles. The minimum atomic E-state index is 0.976. The van der Waals surface area contributed by atoms with Gasteiger partial charge >= 0.3 is 0 Å². The standard InChI is InChI=1S/C18H13BrN3/c19-15-9-11-16(12-10-15)22-20-18(14-6-2-1-3-7-14)17-8-4-5-13-21(17)22/h1-13H/q+1. The second-order valence-electron chi connectivity index (χ2n) is 5.01. The zero-order chi connectivity index (χ0) is 14.9. The van der Waals surface area contributed by atoms with Gasteiger partial charge in [0.25, 0.3) is 5.69 Å². The van der Waals surface area contributed by atoms with E-state index < -0.39 is 0 Å². The van der Waals surface area contributed by atoms with E-state index in [1.165, 1.54) is 0 Å². The summed E-state index contributed by atoms with van der Waals surface area (Å²) >= 11 is 3.47. The van der Waals surface area contributed by atoms with Gasteiger partial charge in [0.2, 0.25) is 5.52 Å². The summed E-state index contributed by atoms with van der Waals surface area (Å²) in [4.78, 5) is 1.92. The molecule has 106 valence electrons. The molecule has 0 radical (unpaired) electrons. The van der Waals surface area contributed by atoms with Crippen LogP contribution in [0.25, 0.3) is 22.5 Å². The fraction of sp³-hybridized carbons (Fsp3) is 0. The van der Waals surface area contributed by atoms with Crippen LogP contribution in [0.2, 0.25) is 0 Å². The molecule has 0 saturated carbocycles. The molecule has 0 atom stereocenters. The second kappa shape index (κ2) is 5.39. The number of pyridine rings is 1. The Morgan fingerprint density at radius 2 is 1.55 bits per heavy atom. The predicted molar refractivity (Wildman–Crippen MR) is 89.9 cm³/mol. The van der Waals surface area contributed by atoms with Gasteiger partial charge in [-0.1, -0.05) is 52.3 Å². The summed E-state index contributed by atoms with van der Waals surface area (Å²) in [6.07, 6.45) is 2.02. The van der Waals surface area contributed by atoms with E-state index in [0.717, 1.165) is 26.9 Å². The first kappa shape index (κ1) is 13.2. The molecule has 0 aliphatic rings. The van der Waals surface area contributed by atoms with Crippen molar-refractivity contribution >= 4 is 21.4 Å². The highest BCUT2D eigenvalue weighted by molar-refractivity contribution is 9.10. The van der Waals surface area contributed by atoms with Crippen LogP contribution in [0, 0.1) is 0 Å². The molecule has 22 heavy (non-hydrogen) atoms. The Bertz CT molecular complexity index is 928. The normalized spacial score (nSPS) is 11.0. The first-order valence-electron chi connectivity index (χ1n) is 7.04. The van der Waals surface area contributed by atoms with Crippen LogP contribution in [-0.4, -0.2) is 9.90 Å². The Morgan fingerprint density at radius 1 is 0.818 bits per heavy atom. The number of benzene rings is 2. The fourth-order valence-electron chi connectivity index (χ4n) is 2.54. The Hall–Kier alpha value is -2.46. The summed E-state index contributed by atoms with van der Waals surface area (Å²) in [7, 11) is 0. The van der Waals surface area contributed by atoms with Crippen molar-refractivity contribution in [2.45, 2.75) is 0 Å². The minimum absolute atomic E-state index is 0.976. The SMILES string of the molecule is Brc1ccc(-n2nc(-c3ccccc3)c3cccc[n+]32)cc1. The summed E-state index contributed by atoms with van der Waals surface area (Å²) in [5.41, 5.74) is 4.19. The van der Waals surface area contributed by atoms with Crippen molar-refractivity contribution in [1.29, 1.82) is 0 Å². The molecule has 4 rings (SSSR count). The largest absolute Gasteiger partial charge is 0.257 e. The summed E-state index contributed by atoms with van der Waals surface area (Å²) in [5, 5.41) is 4.82. The van der Waals surface area contributed by atoms with E-state index in [4.69, 9.17) is 5.10 Å². The minimum Gasteiger partial charge on any atom is -0.120 e. The molecular formula is C18H13BrN3+. The van der Waals surface area contributed by atoms with Crippen molar-refractivity contribution in [3.8, 4) is 16.9 Å². The number of hydrogen-bond acceptors (Lipinski definition) is 1. The van der Waals surface area contributed by atoms with Gasteiger partial charge in [0.15, 0.2) is 0 Å². The molecule has 4 aromatic rings. The van der Waals surface area contributed by atoms with Crippen LogP contribution in [0.4, 0.5) is 0 Å². The van der Waals surface area contributed by atoms with Crippen LogP contribution < -0.4 is 4.52 Å². The lowest BCUT2D eigenvalue weighted by molar-refractivity contribution is -0.603. The van der Waals surface area contributed by atoms with Crippen molar-refractivity contribution in [1.82, 2.24) is 9.90 Å². The third kappa shape index (κ3) is 2.22. The van der Waals surface area contributed by atoms with Gasteiger partial charge in [0.05, 0.1) is 5.10 Å². The van der Waals surface area contributed by atoms with E-state index in [2.05, 4.69) is 38.6 Å². The number of rotatable bonds is 2. The van der Waals surface area contributed by atoms with Gasteiger partial charge in [0, 0.05) is 10.0 Å². The topological polar surface area (TPSA) is 21.9 Å². The van der Waals surface area contributed by atoms with E-state index in [9.17, 15) is 0 Å². The number of halogens is 1. The molecule has 0 unspecified atom stereocenters. The van der Waals surface area contributed by atoms with Gasteiger partial charge in [-0.25, -0.2) is 0 Å². The molecule has 0 bridgehead atoms. The van der Waals surface area contributed by atoms with E-state index in [0.29, 0.717) is 0 Å². The van der Waals surface area contributed by atoms with Crippen molar-refractivity contribution < 1.29 is 4.52 Å². The number of hydrogen-bond donors (Lipinski definition) is 0. The maximum atomic E-state index is 4.82. The molecule has 2 heterocycles. The zero-order valence-corrected chi connectivity index (χ0v) is 13.3. The molecule has 0 aliphatic heterocycles. The first-order valence-corrected chi connectivity index (χ1v) is 7.83. The number of aromatic nitrogens is 3. The van der Waals surface area contributed by atoms with Gasteiger partial charge in [-0.05, 0) is 41.2 Å². The molecule has 0 fully saturated rings. The summed E-state index contributed by atoms with van der Waals surface area (Å²) in [5.74, 6) is 0. The van der Waals surface area contributed by atoms with Gasteiger partial charge in [-0.15, -0.1) is 4.52 Å². The van der Waals surface area contributed by atoms with Crippen LogP contribution in [0.1, 0.15) is 0 Å². The summed E-state index contributed by atoms with van der Waals surface area (Å²) < 4.78 is 3.12. The highest BCUT2D eigenvalue weighted by Gasteiger charge is 2.21. The van der Waals surface area contributed by atoms with Gasteiger partial charge in [-0.3, -0.25) is 0 Å². The molecule has 0 N–H and O–H groups in total. The Labute approximate surface area is 136 Å². The van der Waals surface area contributed by atoms with Crippen LogP contribution in [0.3, 0.4) is 0 Å². The van der Waals surface area contributed by atoms with Crippen LogP contribution in [0.15, 0.2) is 83.5 Å². The van der Waals surface area contributed by atoms with Crippen molar-refractivity contribution in [3.63, 3.8) is 0 Å². The third-order valence-corrected chi connectivity index (χ3v) is 4.11. The van der Waals surface area contributed by atoms with Crippen molar-refractivity contribution in [3.05, 3.63) is 83.5 Å². The average molecular weight is 351 g/mol. The maximum absolute atomic E-state index is 4.82. The first-order chi connectivity index (χ1) is 10.8. The van der Waals surface area contributed by atoms with Gasteiger partial charge in [0.1, 0.15) is 11.9 Å². The highest BCUT2D eigenvalue weighted by atomic mass is 79.9. The quantitative estimate of drug-likeness (QED) is 0.500. The molecular weight excluding hydrogens is 338 g/mol. The van der Waals surface area contributed by atoms with Crippen LogP contribution in [-0.2, 0) is 0 Å². The van der Waals surface area contributed by atoms with Crippen LogP contribution >= 0.6 is 15.9 Å². The Balaban J connectivity index is 1.99. The number of nitrogens with zero attached hydrogens (tertiary/aromatic N) is 3. The lowest BCUT2D eigenvalue weighted by atomic mass is 10.1. The molecule has 2 aromatic heterocycles. The van der Waals surface area contributed by atoms with E-state index in [-0.39, 0.29) is 0 Å². The van der Waals surface area contributed by atoms with Crippen molar-refractivity contribution in [2.75, 3.05) is 0 Å². The maximum Gasteiger partial charge on any atom is 0.257 e. The molecule has 2 aromatic carbocycles. The lowest BCUT2D eigenvalue weighted by Gasteiger charge is -1.96. The van der Waals surface area contributed by atoms with Gasteiger partial charge < -0.3 is 0 Å². The number of fused-ring (bicyclic) bond motifs is 1. The van der Waals surface area contributed by atoms with E-state index in [1.54, 1.807) is 0 Å². The summed E-state index contributed by atoms with van der Waals surface area (Å²) in [6, 6.07) is 24.5. The Morgan fingerprint density at radius 3 is 2.32 bits per heavy atom. The Kier molecular flexibility index (Phi) is 3.24. The zero-order valence-electron chi connectivity index (χ0n) is 11.7. The highest BCUT2D eigenvalue weighted by Crippen LogP contribution is 2.21. The van der Waals surface area contributed by atoms with Crippen molar-refractivity contribution in [2.24, 2.45) is 0 Å². The molecule has 3 nitrogen and oxygen atoms in total. The second-order valence-corrected chi connectivity index (χ2v) is 5.93. The molecule has 4 heteroatoms. The molecule has 0 spiro atoms. The van der Waals surface area contributed by atoms with Gasteiger partial charge in [-0.2, -0.15) is 0 Å². The van der Waals surface area contributed by atoms with Crippen LogP contribution in [0.5, 0.6) is 0 Å². The average Bonchev–Trinajstić information content (AvgIpc) is 2.96. The molecule has 0 amide bonds. The van der Waals surface area contributed by atoms with E-state index >= 15 is 0 Å². The third-order valence-electron chi connectivity index (χ3n) is 3.59. The van der Waals surface area contributed by atoms with E-state index in [1.807, 2.05) is 65.6 Å². The smallest absolute Gasteiger partial charge is 0.120 e.